The van der Waals surface area contributed by atoms with Crippen LogP contribution in [-0.2, 0) is 4.74 Å². The summed E-state index contributed by atoms with van der Waals surface area (Å²) in [5, 5.41) is 3.23. The van der Waals surface area contributed by atoms with Crippen molar-refractivity contribution in [3.63, 3.8) is 0 Å². The molecule has 136 valence electrons. The first kappa shape index (κ1) is 17.0. The average molecular weight is 365 g/mol. The molecule has 0 bridgehead atoms. The smallest absolute Gasteiger partial charge is 0.216 e. The summed E-state index contributed by atoms with van der Waals surface area (Å²) in [5.41, 5.74) is 9.96. The third-order valence-electron chi connectivity index (χ3n) is 4.27. The van der Waals surface area contributed by atoms with Gasteiger partial charge < -0.3 is 15.8 Å². The van der Waals surface area contributed by atoms with Crippen LogP contribution in [0.5, 0.6) is 0 Å². The van der Waals surface area contributed by atoms with Gasteiger partial charge in [0.05, 0.1) is 17.9 Å². The quantitative estimate of drug-likeness (QED) is 0.657. The van der Waals surface area contributed by atoms with Gasteiger partial charge in [0.1, 0.15) is 18.2 Å². The van der Waals surface area contributed by atoms with Crippen LogP contribution < -0.4 is 11.1 Å². The fraction of sp³-hybridized carbons (Fsp3) is 0.0952. The lowest BCUT2D eigenvalue weighted by molar-refractivity contribution is 0.348. The van der Waals surface area contributed by atoms with Crippen LogP contribution in [0, 0.1) is 11.6 Å². The molecule has 0 spiro atoms. The zero-order valence-corrected chi connectivity index (χ0v) is 14.4. The lowest BCUT2D eigenvalue weighted by atomic mass is 10.0. The Morgan fingerprint density at radius 2 is 1.85 bits per heavy atom. The topological polar surface area (TPSA) is 59.6 Å². The zero-order valence-electron chi connectivity index (χ0n) is 14.4. The Balaban J connectivity index is 1.60. The van der Waals surface area contributed by atoms with Crippen molar-refractivity contribution in [1.29, 1.82) is 0 Å². The van der Waals surface area contributed by atoms with E-state index in [4.69, 9.17) is 10.5 Å². The standard InChI is InChI=1S/C21H17F2N3O/c22-15-5-6-17(18(23)12-15)13-2-1-3-16(10-13)26-20-7-4-14(11-19(20)24)21-25-8-9-27-21/h1-7,10-12,26H,8-9,24H2. The van der Waals surface area contributed by atoms with Crippen LogP contribution in [0.25, 0.3) is 11.1 Å². The number of nitrogens with one attached hydrogen (secondary N) is 1. The minimum atomic E-state index is -0.603. The highest BCUT2D eigenvalue weighted by Crippen LogP contribution is 2.29. The average Bonchev–Trinajstić information content (AvgIpc) is 3.18. The molecule has 0 radical (unpaired) electrons. The van der Waals surface area contributed by atoms with Gasteiger partial charge in [-0.25, -0.2) is 13.8 Å². The van der Waals surface area contributed by atoms with Crippen LogP contribution in [0.15, 0.2) is 65.7 Å². The first-order valence-electron chi connectivity index (χ1n) is 8.50. The van der Waals surface area contributed by atoms with Crippen LogP contribution in [-0.4, -0.2) is 19.0 Å². The molecule has 6 heteroatoms. The van der Waals surface area contributed by atoms with E-state index in [1.54, 1.807) is 24.3 Å². The van der Waals surface area contributed by atoms with Crippen molar-refractivity contribution in [3.05, 3.63) is 77.9 Å². The number of nitrogen functional groups attached to an aromatic ring is 1. The summed E-state index contributed by atoms with van der Waals surface area (Å²) in [6.07, 6.45) is 0. The first-order chi connectivity index (χ1) is 13.1. The summed E-state index contributed by atoms with van der Waals surface area (Å²) >= 11 is 0. The number of anilines is 3. The van der Waals surface area contributed by atoms with Gasteiger partial charge in [-0.15, -0.1) is 0 Å². The molecule has 0 atom stereocenters. The van der Waals surface area contributed by atoms with Crippen molar-refractivity contribution in [2.45, 2.75) is 0 Å². The predicted octanol–water partition coefficient (Wildman–Crippen LogP) is 4.73. The second-order valence-corrected chi connectivity index (χ2v) is 6.17. The highest BCUT2D eigenvalue weighted by Gasteiger charge is 2.12. The largest absolute Gasteiger partial charge is 0.476 e. The minimum Gasteiger partial charge on any atom is -0.476 e. The second kappa shape index (κ2) is 7.07. The second-order valence-electron chi connectivity index (χ2n) is 6.17. The molecule has 0 amide bonds. The molecule has 3 aromatic rings. The van der Waals surface area contributed by atoms with Crippen LogP contribution in [0.4, 0.5) is 25.8 Å². The van der Waals surface area contributed by atoms with Crippen LogP contribution >= 0.6 is 0 Å². The van der Waals surface area contributed by atoms with Gasteiger partial charge in [-0.05, 0) is 48.0 Å². The monoisotopic (exact) mass is 365 g/mol. The summed E-state index contributed by atoms with van der Waals surface area (Å²) < 4.78 is 32.6. The Kier molecular flexibility index (Phi) is 4.46. The molecule has 0 unspecified atom stereocenters. The van der Waals surface area contributed by atoms with E-state index < -0.39 is 11.6 Å². The van der Waals surface area contributed by atoms with E-state index in [1.807, 2.05) is 18.2 Å². The van der Waals surface area contributed by atoms with Crippen molar-refractivity contribution >= 4 is 23.0 Å². The fourth-order valence-electron chi connectivity index (χ4n) is 2.96. The van der Waals surface area contributed by atoms with Gasteiger partial charge in [0.25, 0.3) is 0 Å². The van der Waals surface area contributed by atoms with E-state index >= 15 is 0 Å². The molecule has 4 nitrogen and oxygen atoms in total. The molecule has 0 saturated carbocycles. The van der Waals surface area contributed by atoms with E-state index in [-0.39, 0.29) is 0 Å². The summed E-state index contributed by atoms with van der Waals surface area (Å²) in [6.45, 7) is 1.24. The van der Waals surface area contributed by atoms with Gasteiger partial charge in [0.2, 0.25) is 5.90 Å². The number of hydrogen-bond donors (Lipinski definition) is 2. The lowest BCUT2D eigenvalue weighted by Crippen LogP contribution is -2.04. The third kappa shape index (κ3) is 3.60. The number of aliphatic imine (C=N–C) groups is 1. The SMILES string of the molecule is Nc1cc(C2=NCCO2)ccc1Nc1cccc(-c2ccc(F)cc2F)c1. The summed E-state index contributed by atoms with van der Waals surface area (Å²) in [7, 11) is 0. The van der Waals surface area contributed by atoms with Crippen molar-refractivity contribution in [2.75, 3.05) is 24.2 Å². The Bertz CT molecular complexity index is 1030. The molecule has 0 aliphatic carbocycles. The molecule has 0 aromatic heterocycles. The maximum Gasteiger partial charge on any atom is 0.216 e. The number of halogens is 2. The van der Waals surface area contributed by atoms with Crippen molar-refractivity contribution in [2.24, 2.45) is 4.99 Å². The van der Waals surface area contributed by atoms with E-state index in [2.05, 4.69) is 10.3 Å². The molecule has 0 fully saturated rings. The Labute approximate surface area is 155 Å². The molecular weight excluding hydrogens is 348 g/mol. The molecule has 0 saturated heterocycles. The Morgan fingerprint density at radius 1 is 0.963 bits per heavy atom. The maximum atomic E-state index is 14.0. The van der Waals surface area contributed by atoms with Crippen molar-refractivity contribution in [1.82, 2.24) is 0 Å². The van der Waals surface area contributed by atoms with Crippen LogP contribution in [0.1, 0.15) is 5.56 Å². The van der Waals surface area contributed by atoms with Gasteiger partial charge in [0, 0.05) is 22.9 Å². The molecule has 1 aliphatic heterocycles. The molecule has 1 aliphatic rings. The van der Waals surface area contributed by atoms with Crippen molar-refractivity contribution < 1.29 is 13.5 Å². The maximum absolute atomic E-state index is 14.0. The highest BCUT2D eigenvalue weighted by molar-refractivity contribution is 5.97. The lowest BCUT2D eigenvalue weighted by Gasteiger charge is -2.12. The van der Waals surface area contributed by atoms with E-state index in [9.17, 15) is 8.78 Å². The molecule has 3 N–H and O–H groups in total. The Hall–Kier alpha value is -3.41. The molecule has 4 rings (SSSR count). The Morgan fingerprint density at radius 3 is 2.59 bits per heavy atom. The van der Waals surface area contributed by atoms with Gasteiger partial charge >= 0.3 is 0 Å². The number of nitrogens with two attached hydrogens (primary N) is 1. The number of ether oxygens (including phenoxy) is 1. The molecule has 27 heavy (non-hydrogen) atoms. The van der Waals surface area contributed by atoms with Gasteiger partial charge in [-0.1, -0.05) is 12.1 Å². The summed E-state index contributed by atoms with van der Waals surface area (Å²) in [5.74, 6) is -0.607. The number of hydrogen-bond acceptors (Lipinski definition) is 4. The van der Waals surface area contributed by atoms with Crippen molar-refractivity contribution in [3.8, 4) is 11.1 Å². The van der Waals surface area contributed by atoms with E-state index in [0.717, 1.165) is 17.3 Å². The van der Waals surface area contributed by atoms with E-state index in [1.165, 1.54) is 12.1 Å². The van der Waals surface area contributed by atoms with E-state index in [0.29, 0.717) is 41.6 Å². The van der Waals surface area contributed by atoms with Gasteiger partial charge in [0.15, 0.2) is 0 Å². The third-order valence-corrected chi connectivity index (χ3v) is 4.27. The zero-order chi connectivity index (χ0) is 18.8. The van der Waals surface area contributed by atoms with Gasteiger partial charge in [-0.2, -0.15) is 0 Å². The fourth-order valence-corrected chi connectivity index (χ4v) is 2.96. The highest BCUT2D eigenvalue weighted by atomic mass is 19.1. The number of benzene rings is 3. The first-order valence-corrected chi connectivity index (χ1v) is 8.50. The molecule has 3 aromatic carbocycles. The van der Waals surface area contributed by atoms with Crippen LogP contribution in [0.3, 0.4) is 0 Å². The van der Waals surface area contributed by atoms with Gasteiger partial charge in [-0.3, -0.25) is 0 Å². The molecular formula is C21H17F2N3O. The number of rotatable bonds is 4. The van der Waals surface area contributed by atoms with Crippen LogP contribution in [0.2, 0.25) is 0 Å². The summed E-state index contributed by atoms with van der Waals surface area (Å²) in [4.78, 5) is 4.28. The molecule has 1 heterocycles. The minimum absolute atomic E-state index is 0.333. The normalized spacial score (nSPS) is 13.2. The number of nitrogens with zero attached hydrogens (tertiary/aromatic N) is 1. The predicted molar refractivity (Wildman–Crippen MR) is 103 cm³/mol. The summed E-state index contributed by atoms with van der Waals surface area (Å²) in [6, 6.07) is 16.3.